The lowest BCUT2D eigenvalue weighted by atomic mass is 9.95. The van der Waals surface area contributed by atoms with Gasteiger partial charge in [0.1, 0.15) is 11.9 Å². The van der Waals surface area contributed by atoms with Crippen LogP contribution in [0.5, 0.6) is 5.88 Å². The Morgan fingerprint density at radius 3 is 2.78 bits per heavy atom. The monoisotopic (exact) mass is 591 g/mol. The number of aromatic nitrogens is 2. The Hall–Kier alpha value is -3.64. The summed E-state index contributed by atoms with van der Waals surface area (Å²) < 4.78 is 58.8. The second-order valence-corrected chi connectivity index (χ2v) is 11.0. The molecule has 2 saturated heterocycles. The van der Waals surface area contributed by atoms with Gasteiger partial charge in [0.05, 0.1) is 23.3 Å². The molecule has 2 bridgehead atoms. The summed E-state index contributed by atoms with van der Waals surface area (Å²) in [6, 6.07) is 6.59. The Morgan fingerprint density at radius 1 is 1.20 bits per heavy atom. The summed E-state index contributed by atoms with van der Waals surface area (Å²) in [6.07, 6.45) is 0.968. The minimum atomic E-state index is -4.26. The van der Waals surface area contributed by atoms with Crippen molar-refractivity contribution in [1.29, 1.82) is 0 Å². The van der Waals surface area contributed by atoms with Gasteiger partial charge in [-0.15, -0.1) is 0 Å². The van der Waals surface area contributed by atoms with Crippen LogP contribution in [0.2, 0.25) is 5.02 Å². The number of aromatic amines is 1. The molecule has 3 atom stereocenters. The third kappa shape index (κ3) is 5.76. The number of hydrogen-bond donors (Lipinski definition) is 2. The quantitative estimate of drug-likeness (QED) is 0.380. The maximum Gasteiger partial charge on any atom is 0.401 e. The summed E-state index contributed by atoms with van der Waals surface area (Å²) in [5.41, 5.74) is 2.45. The van der Waals surface area contributed by atoms with Crippen molar-refractivity contribution < 1.29 is 27.1 Å². The van der Waals surface area contributed by atoms with E-state index in [1.54, 1.807) is 29.3 Å². The van der Waals surface area contributed by atoms with Crippen molar-refractivity contribution in [1.82, 2.24) is 19.8 Å². The van der Waals surface area contributed by atoms with E-state index < -0.39 is 30.7 Å². The first-order valence-electron chi connectivity index (χ1n) is 13.3. The third-order valence-electron chi connectivity index (χ3n) is 7.86. The van der Waals surface area contributed by atoms with Gasteiger partial charge >= 0.3 is 12.2 Å². The van der Waals surface area contributed by atoms with Crippen molar-refractivity contribution in [3.05, 3.63) is 75.0 Å². The molecule has 2 fully saturated rings. The predicted molar refractivity (Wildman–Crippen MR) is 144 cm³/mol. The molecule has 216 valence electrons. The van der Waals surface area contributed by atoms with Gasteiger partial charge in [0.2, 0.25) is 11.4 Å². The number of amides is 2. The lowest BCUT2D eigenvalue weighted by molar-refractivity contribution is -0.144. The Kier molecular flexibility index (Phi) is 7.14. The largest absolute Gasteiger partial charge is 0.473 e. The average molecular weight is 592 g/mol. The number of pyridine rings is 2. The van der Waals surface area contributed by atoms with Crippen molar-refractivity contribution in [2.24, 2.45) is 0 Å². The minimum Gasteiger partial charge on any atom is -0.473 e. The smallest absolute Gasteiger partial charge is 0.401 e. The van der Waals surface area contributed by atoms with Gasteiger partial charge in [0.25, 0.3) is 0 Å². The second-order valence-electron chi connectivity index (χ2n) is 10.6. The Labute approximate surface area is 237 Å². The predicted octanol–water partition coefficient (Wildman–Crippen LogP) is 5.54. The van der Waals surface area contributed by atoms with E-state index in [-0.39, 0.29) is 47.3 Å². The van der Waals surface area contributed by atoms with Crippen LogP contribution in [0, 0.1) is 5.82 Å². The van der Waals surface area contributed by atoms with Crippen molar-refractivity contribution in [2.75, 3.05) is 25.0 Å². The molecule has 1 aromatic carbocycles. The zero-order valence-electron chi connectivity index (χ0n) is 21.7. The first-order valence-corrected chi connectivity index (χ1v) is 13.6. The summed E-state index contributed by atoms with van der Waals surface area (Å²) in [4.78, 5) is 34.9. The Balaban J connectivity index is 1.12. The number of carbonyl (C=O) groups excluding carboxylic acids is 1. The molecular formula is C28H26ClF4N5O3. The van der Waals surface area contributed by atoms with Crippen LogP contribution in [0.25, 0.3) is 11.1 Å². The lowest BCUT2D eigenvalue weighted by Gasteiger charge is -2.36. The standard InChI is InChI=1S/C28H26ClF4N5O3/c29-21-10-23(36-27(40)38-17-2-3-24(38)20-12-34-25(39)8-16(20)7-17)22(30)9-19(21)15-1-4-26(35-11-15)41-18-5-6-37(13-18)14-28(31,32)33/h1,4,8-12,17-18,24H,2-3,5-7,13-14H2,(H,34,39)(H,36,40)/t17?,18-,24-/m1/s1. The number of carbonyl (C=O) groups is 1. The van der Waals surface area contributed by atoms with Gasteiger partial charge in [-0.05, 0) is 55.0 Å². The van der Waals surface area contributed by atoms with Gasteiger partial charge in [0.15, 0.2) is 0 Å². The number of nitrogens with one attached hydrogen (secondary N) is 2. The summed E-state index contributed by atoms with van der Waals surface area (Å²) in [5.74, 6) is -0.433. The molecule has 3 aliphatic heterocycles. The molecule has 1 unspecified atom stereocenters. The number of H-pyrrole nitrogens is 1. The van der Waals surface area contributed by atoms with E-state index in [2.05, 4.69) is 15.3 Å². The molecule has 5 heterocycles. The lowest BCUT2D eigenvalue weighted by Crippen LogP contribution is -2.44. The number of nitrogens with zero attached hydrogens (tertiary/aromatic N) is 3. The van der Waals surface area contributed by atoms with Crippen LogP contribution in [-0.4, -0.2) is 63.8 Å². The zero-order valence-corrected chi connectivity index (χ0v) is 22.4. The fraction of sp³-hybridized carbons (Fsp3) is 0.393. The number of hydrogen-bond acceptors (Lipinski definition) is 5. The molecule has 0 spiro atoms. The van der Waals surface area contributed by atoms with Gasteiger partial charge in [-0.3, -0.25) is 9.69 Å². The highest BCUT2D eigenvalue weighted by Crippen LogP contribution is 2.43. The number of benzene rings is 1. The Morgan fingerprint density at radius 2 is 2.02 bits per heavy atom. The van der Waals surface area contributed by atoms with E-state index in [0.29, 0.717) is 24.0 Å². The van der Waals surface area contributed by atoms with Gasteiger partial charge in [0, 0.05) is 54.8 Å². The maximum atomic E-state index is 15.2. The molecule has 0 saturated carbocycles. The first kappa shape index (κ1) is 27.5. The number of ether oxygens (including phenoxy) is 1. The number of likely N-dealkylation sites (tertiary alicyclic amines) is 1. The van der Waals surface area contributed by atoms with Gasteiger partial charge in [-0.25, -0.2) is 14.2 Å². The van der Waals surface area contributed by atoms with Gasteiger partial charge < -0.3 is 19.9 Å². The Bertz CT molecular complexity index is 1530. The van der Waals surface area contributed by atoms with Crippen LogP contribution in [0.3, 0.4) is 0 Å². The number of rotatable bonds is 5. The number of fused-ring (bicyclic) bond motifs is 4. The highest BCUT2D eigenvalue weighted by Gasteiger charge is 2.43. The second kappa shape index (κ2) is 10.6. The van der Waals surface area contributed by atoms with Gasteiger partial charge in [-0.1, -0.05) is 11.6 Å². The first-order chi connectivity index (χ1) is 19.5. The maximum absolute atomic E-state index is 15.2. The summed E-state index contributed by atoms with van der Waals surface area (Å²) >= 11 is 6.48. The van der Waals surface area contributed by atoms with Gasteiger partial charge in [-0.2, -0.15) is 13.2 Å². The van der Waals surface area contributed by atoms with Crippen LogP contribution >= 0.6 is 11.6 Å². The highest BCUT2D eigenvalue weighted by molar-refractivity contribution is 6.33. The molecule has 41 heavy (non-hydrogen) atoms. The molecule has 8 nitrogen and oxygen atoms in total. The molecule has 0 aliphatic carbocycles. The van der Waals surface area contributed by atoms with Crippen LogP contribution in [0.15, 0.2) is 47.5 Å². The van der Waals surface area contributed by atoms with E-state index in [9.17, 15) is 22.8 Å². The molecule has 3 aliphatic rings. The number of alkyl halides is 3. The minimum absolute atomic E-state index is 0.0621. The summed E-state index contributed by atoms with van der Waals surface area (Å²) in [5, 5.41) is 2.85. The van der Waals surface area contributed by atoms with Crippen LogP contribution in [-0.2, 0) is 6.42 Å². The van der Waals surface area contributed by atoms with Crippen molar-refractivity contribution in [3.63, 3.8) is 0 Å². The number of urea groups is 1. The summed E-state index contributed by atoms with van der Waals surface area (Å²) in [7, 11) is 0. The van der Waals surface area contributed by atoms with E-state index in [1.807, 2.05) is 0 Å². The molecule has 0 radical (unpaired) electrons. The molecule has 13 heteroatoms. The average Bonchev–Trinajstić information content (AvgIpc) is 3.47. The van der Waals surface area contributed by atoms with Crippen molar-refractivity contribution >= 4 is 23.3 Å². The van der Waals surface area contributed by atoms with E-state index >= 15 is 4.39 Å². The normalized spacial score (nSPS) is 22.1. The van der Waals surface area contributed by atoms with E-state index in [1.165, 1.54) is 23.2 Å². The van der Waals surface area contributed by atoms with E-state index in [4.69, 9.17) is 16.3 Å². The van der Waals surface area contributed by atoms with Crippen LogP contribution in [0.1, 0.15) is 36.4 Å². The topological polar surface area (TPSA) is 90.6 Å². The zero-order chi connectivity index (χ0) is 28.9. The molecule has 2 aromatic heterocycles. The highest BCUT2D eigenvalue weighted by atomic mass is 35.5. The molecule has 3 aromatic rings. The molecule has 2 amide bonds. The van der Waals surface area contributed by atoms with E-state index in [0.717, 1.165) is 24.0 Å². The summed E-state index contributed by atoms with van der Waals surface area (Å²) in [6.45, 7) is -0.541. The molecule has 6 rings (SSSR count). The third-order valence-corrected chi connectivity index (χ3v) is 8.18. The fourth-order valence-electron chi connectivity index (χ4n) is 6.08. The molecular weight excluding hydrogens is 566 g/mol. The van der Waals surface area contributed by atoms with Crippen molar-refractivity contribution in [3.8, 4) is 17.0 Å². The molecule has 2 N–H and O–H groups in total. The number of halogens is 5. The number of anilines is 1. The fourth-order valence-corrected chi connectivity index (χ4v) is 6.35. The SMILES string of the molecule is O=C(Nc1cc(Cl)c(-c2ccc(O[C@@H]3CCN(CC(F)(F)F)C3)nc2)cc1F)N1C2CC[C@@H]1c1c[nH]c(=O)cc1C2. The van der Waals surface area contributed by atoms with Crippen molar-refractivity contribution in [2.45, 2.75) is 50.0 Å². The van der Waals surface area contributed by atoms with Crippen LogP contribution < -0.4 is 15.6 Å². The van der Waals surface area contributed by atoms with Crippen LogP contribution in [0.4, 0.5) is 28.0 Å².